The minimum absolute atomic E-state index is 0.319. The fourth-order valence-electron chi connectivity index (χ4n) is 4.12. The molecule has 0 bridgehead atoms. The van der Waals surface area contributed by atoms with Gasteiger partial charge in [-0.05, 0) is 90.4 Å². The first-order chi connectivity index (χ1) is 13.5. The van der Waals surface area contributed by atoms with Crippen LogP contribution in [0.2, 0.25) is 0 Å². The van der Waals surface area contributed by atoms with E-state index in [2.05, 4.69) is 24.4 Å². The first kappa shape index (κ1) is 19.0. The number of benzene rings is 2. The Kier molecular flexibility index (Phi) is 5.17. The van der Waals surface area contributed by atoms with Crippen molar-refractivity contribution in [2.24, 2.45) is 5.73 Å². The number of carbonyl (C=O) groups excluding carboxylic acids is 2. The van der Waals surface area contributed by atoms with Crippen LogP contribution in [0.3, 0.4) is 0 Å². The number of nitrogens with one attached hydrogen (secondary N) is 1. The van der Waals surface area contributed by atoms with Crippen molar-refractivity contribution in [1.29, 1.82) is 0 Å². The number of ether oxygens (including phenoxy) is 1. The van der Waals surface area contributed by atoms with Crippen LogP contribution < -0.4 is 15.8 Å². The normalized spacial score (nSPS) is 19.5. The molecule has 1 aliphatic heterocycles. The summed E-state index contributed by atoms with van der Waals surface area (Å²) in [5.74, 6) is 1.37. The van der Waals surface area contributed by atoms with E-state index in [9.17, 15) is 9.59 Å². The molecule has 1 aliphatic carbocycles. The third kappa shape index (κ3) is 3.42. The molecule has 146 valence electrons. The maximum atomic E-state index is 12.0. The van der Waals surface area contributed by atoms with Crippen molar-refractivity contribution in [2.75, 3.05) is 0 Å². The molecule has 1 unspecified atom stereocenters. The summed E-state index contributed by atoms with van der Waals surface area (Å²) in [5.41, 5.74) is 12.3. The van der Waals surface area contributed by atoms with Crippen molar-refractivity contribution in [2.45, 2.75) is 50.8 Å². The highest BCUT2D eigenvalue weighted by Crippen LogP contribution is 2.37. The van der Waals surface area contributed by atoms with Gasteiger partial charge in [-0.1, -0.05) is 19.1 Å². The second-order valence-electron chi connectivity index (χ2n) is 7.35. The van der Waals surface area contributed by atoms with Crippen LogP contribution in [0.4, 0.5) is 4.79 Å². The van der Waals surface area contributed by atoms with Gasteiger partial charge in [-0.3, -0.25) is 14.9 Å². The lowest BCUT2D eigenvalue weighted by Gasteiger charge is -2.20. The number of hydrogen-bond donors (Lipinski definition) is 2. The Labute approximate surface area is 169 Å². The van der Waals surface area contributed by atoms with Crippen LogP contribution in [0, 0.1) is 6.92 Å². The number of fused-ring (bicyclic) bond motifs is 1. The van der Waals surface area contributed by atoms with Crippen LogP contribution in [0.15, 0.2) is 30.3 Å². The van der Waals surface area contributed by atoms with Crippen LogP contribution in [0.25, 0.3) is 0 Å². The van der Waals surface area contributed by atoms with Crippen molar-refractivity contribution in [3.8, 4) is 11.5 Å². The Hall–Kier alpha value is -2.31. The van der Waals surface area contributed by atoms with E-state index in [4.69, 9.17) is 10.5 Å². The summed E-state index contributed by atoms with van der Waals surface area (Å²) in [6.07, 6.45) is 4.10. The van der Waals surface area contributed by atoms with E-state index in [1.165, 1.54) is 23.1 Å². The number of thioether (sulfide) groups is 1. The molecule has 2 aliphatic rings. The lowest BCUT2D eigenvalue weighted by atomic mass is 9.96. The monoisotopic (exact) mass is 396 g/mol. The van der Waals surface area contributed by atoms with Gasteiger partial charge < -0.3 is 10.5 Å². The second kappa shape index (κ2) is 7.60. The first-order valence-electron chi connectivity index (χ1n) is 9.67. The molecule has 0 spiro atoms. The van der Waals surface area contributed by atoms with Crippen LogP contribution in [-0.2, 0) is 24.1 Å². The van der Waals surface area contributed by atoms with Crippen LogP contribution in [-0.4, -0.2) is 16.4 Å². The maximum Gasteiger partial charge on any atom is 0.286 e. The van der Waals surface area contributed by atoms with E-state index in [0.717, 1.165) is 53.7 Å². The molecule has 5 nitrogen and oxygen atoms in total. The molecule has 1 fully saturated rings. The van der Waals surface area contributed by atoms with Crippen LogP contribution >= 0.6 is 11.8 Å². The molecule has 0 saturated carbocycles. The highest BCUT2D eigenvalue weighted by atomic mass is 32.2. The molecule has 28 heavy (non-hydrogen) atoms. The highest BCUT2D eigenvalue weighted by Gasteiger charge is 2.37. The zero-order valence-electron chi connectivity index (χ0n) is 16.1. The average Bonchev–Trinajstić information content (AvgIpc) is 3.30. The lowest BCUT2D eigenvalue weighted by Crippen LogP contribution is -2.33. The van der Waals surface area contributed by atoms with Crippen molar-refractivity contribution in [1.82, 2.24) is 5.32 Å². The van der Waals surface area contributed by atoms with Gasteiger partial charge in [-0.15, -0.1) is 0 Å². The van der Waals surface area contributed by atoms with E-state index >= 15 is 0 Å². The van der Waals surface area contributed by atoms with Gasteiger partial charge in [0.25, 0.3) is 5.24 Å². The van der Waals surface area contributed by atoms with Gasteiger partial charge in [-0.25, -0.2) is 0 Å². The van der Waals surface area contributed by atoms with E-state index in [0.29, 0.717) is 0 Å². The van der Waals surface area contributed by atoms with Crippen molar-refractivity contribution < 1.29 is 14.3 Å². The minimum Gasteiger partial charge on any atom is -0.457 e. The van der Waals surface area contributed by atoms with Crippen molar-refractivity contribution >= 4 is 22.9 Å². The molecule has 6 heteroatoms. The minimum atomic E-state index is -0.593. The van der Waals surface area contributed by atoms with Crippen molar-refractivity contribution in [3.05, 3.63) is 58.1 Å². The Morgan fingerprint density at radius 2 is 2.00 bits per heavy atom. The van der Waals surface area contributed by atoms with E-state index in [1.807, 2.05) is 25.1 Å². The summed E-state index contributed by atoms with van der Waals surface area (Å²) in [6, 6.07) is 9.45. The van der Waals surface area contributed by atoms with Gasteiger partial charge in [0, 0.05) is 0 Å². The molecule has 1 saturated heterocycles. The Morgan fingerprint density at radius 1 is 1.21 bits per heavy atom. The molecule has 1 heterocycles. The summed E-state index contributed by atoms with van der Waals surface area (Å²) in [5, 5.41) is 1.38. The summed E-state index contributed by atoms with van der Waals surface area (Å²) in [4.78, 5) is 23.5. The molecular formula is C22H24N2O3S. The van der Waals surface area contributed by atoms with Crippen LogP contribution in [0.1, 0.15) is 47.2 Å². The first-order valence-corrected chi connectivity index (χ1v) is 10.5. The SMILES string of the molecule is CCc1cc(Oc2ccc(C)c3c2CCC3)ccc1[C@@H](N)C1SC(=O)NC1=O. The standard InChI is InChI=1S/C22H24N2O3S/c1-3-13-11-14(27-18-10-7-12(2)15-5-4-6-17(15)18)8-9-16(13)19(23)20-21(25)24-22(26)28-20/h7-11,19-20H,3-6,23H2,1-2H3,(H,24,25,26)/t19-,20?/m1/s1. The molecule has 2 aromatic rings. The number of imide groups is 1. The van der Waals surface area contributed by atoms with E-state index in [1.54, 1.807) is 0 Å². The maximum absolute atomic E-state index is 12.0. The van der Waals surface area contributed by atoms with Gasteiger partial charge in [0.2, 0.25) is 5.91 Å². The fourth-order valence-corrected chi connectivity index (χ4v) is 4.97. The molecule has 2 amide bonds. The molecule has 2 aromatic carbocycles. The number of hydrogen-bond acceptors (Lipinski definition) is 5. The van der Waals surface area contributed by atoms with Gasteiger partial charge in [0.05, 0.1) is 6.04 Å². The highest BCUT2D eigenvalue weighted by molar-refractivity contribution is 8.15. The average molecular weight is 397 g/mol. The summed E-state index contributed by atoms with van der Waals surface area (Å²) in [7, 11) is 0. The predicted molar refractivity (Wildman–Crippen MR) is 111 cm³/mol. The Bertz CT molecular complexity index is 957. The third-order valence-corrected chi connectivity index (χ3v) is 6.68. The number of aryl methyl sites for hydroxylation is 2. The number of amides is 2. The third-order valence-electron chi connectivity index (χ3n) is 5.60. The molecule has 0 aromatic heterocycles. The number of carbonyl (C=O) groups is 2. The van der Waals surface area contributed by atoms with Gasteiger partial charge in [0.15, 0.2) is 0 Å². The largest absolute Gasteiger partial charge is 0.457 e. The molecule has 0 radical (unpaired) electrons. The van der Waals surface area contributed by atoms with Gasteiger partial charge in [0.1, 0.15) is 16.7 Å². The lowest BCUT2D eigenvalue weighted by molar-refractivity contribution is -0.119. The molecular weight excluding hydrogens is 372 g/mol. The van der Waals surface area contributed by atoms with Crippen LogP contribution in [0.5, 0.6) is 11.5 Å². The van der Waals surface area contributed by atoms with E-state index < -0.39 is 11.3 Å². The summed E-state index contributed by atoms with van der Waals surface area (Å²) < 4.78 is 6.24. The van der Waals surface area contributed by atoms with Crippen molar-refractivity contribution in [3.63, 3.8) is 0 Å². The zero-order valence-corrected chi connectivity index (χ0v) is 16.9. The molecule has 3 N–H and O–H groups in total. The second-order valence-corrected chi connectivity index (χ2v) is 8.46. The number of nitrogens with two attached hydrogens (primary N) is 1. The van der Waals surface area contributed by atoms with Gasteiger partial charge >= 0.3 is 0 Å². The quantitative estimate of drug-likeness (QED) is 0.792. The fraction of sp³-hybridized carbons (Fsp3) is 0.364. The molecule has 2 atom stereocenters. The number of rotatable bonds is 5. The summed E-state index contributed by atoms with van der Waals surface area (Å²) in [6.45, 7) is 4.20. The zero-order chi connectivity index (χ0) is 19.8. The van der Waals surface area contributed by atoms with Gasteiger partial charge in [-0.2, -0.15) is 0 Å². The topological polar surface area (TPSA) is 81.4 Å². The molecule has 4 rings (SSSR count). The predicted octanol–water partition coefficient (Wildman–Crippen LogP) is 4.19. The smallest absolute Gasteiger partial charge is 0.286 e. The Balaban J connectivity index is 1.60. The Morgan fingerprint density at radius 3 is 2.71 bits per heavy atom. The summed E-state index contributed by atoms with van der Waals surface area (Å²) >= 11 is 0.962. The van der Waals surface area contributed by atoms with E-state index in [-0.39, 0.29) is 11.1 Å².